The van der Waals surface area contributed by atoms with Gasteiger partial charge in [-0.3, -0.25) is 4.79 Å². The summed E-state index contributed by atoms with van der Waals surface area (Å²) in [6, 6.07) is 16.3. The number of rotatable bonds is 4. The van der Waals surface area contributed by atoms with Gasteiger partial charge in [0.2, 0.25) is 5.91 Å². The van der Waals surface area contributed by atoms with Crippen LogP contribution in [-0.4, -0.2) is 31.9 Å². The normalized spacial score (nSPS) is 17.2. The predicted octanol–water partition coefficient (Wildman–Crippen LogP) is 4.40. The van der Waals surface area contributed by atoms with Crippen molar-refractivity contribution in [3.63, 3.8) is 0 Å². The van der Waals surface area contributed by atoms with Crippen LogP contribution in [0.1, 0.15) is 30.3 Å². The zero-order chi connectivity index (χ0) is 18.2. The maximum absolute atomic E-state index is 12.9. The summed E-state index contributed by atoms with van der Waals surface area (Å²) in [6.45, 7) is 1.48. The number of hydrogen-bond donors (Lipinski definition) is 0. The first-order valence-electron chi connectivity index (χ1n) is 9.34. The van der Waals surface area contributed by atoms with E-state index < -0.39 is 0 Å². The molecule has 0 bridgehead atoms. The van der Waals surface area contributed by atoms with Gasteiger partial charge >= 0.3 is 0 Å². The SMILES string of the molecule is O=C(CCn1cnc2ccccc21)N1CCC[C@@H]1c1nc2ccccc2s1. The van der Waals surface area contributed by atoms with Crippen LogP contribution in [0.15, 0.2) is 54.9 Å². The van der Waals surface area contributed by atoms with E-state index in [9.17, 15) is 4.79 Å². The predicted molar refractivity (Wildman–Crippen MR) is 108 cm³/mol. The number of carbonyl (C=O) groups excluding carboxylic acids is 1. The lowest BCUT2D eigenvalue weighted by molar-refractivity contribution is -0.132. The van der Waals surface area contributed by atoms with E-state index in [1.165, 1.54) is 4.70 Å². The number of carbonyl (C=O) groups is 1. The second-order valence-electron chi connectivity index (χ2n) is 6.94. The Kier molecular flexibility index (Phi) is 4.13. The van der Waals surface area contributed by atoms with Gasteiger partial charge in [-0.15, -0.1) is 11.3 Å². The molecule has 1 fully saturated rings. The third kappa shape index (κ3) is 3.00. The molecule has 5 rings (SSSR count). The lowest BCUT2D eigenvalue weighted by Crippen LogP contribution is -2.31. The number of amides is 1. The first kappa shape index (κ1) is 16.4. The standard InChI is InChI=1S/C21H20N4OS/c26-20(11-13-24-14-22-15-6-1-3-8-17(15)24)25-12-5-9-18(25)21-23-16-7-2-4-10-19(16)27-21/h1-4,6-8,10,14,18H,5,9,11-13H2/t18-/m1/s1. The van der Waals surface area contributed by atoms with Gasteiger partial charge < -0.3 is 9.47 Å². The van der Waals surface area contributed by atoms with Crippen molar-refractivity contribution in [1.82, 2.24) is 19.4 Å². The molecule has 0 saturated carbocycles. The molecule has 136 valence electrons. The quantitative estimate of drug-likeness (QED) is 0.530. The summed E-state index contributed by atoms with van der Waals surface area (Å²) < 4.78 is 3.26. The van der Waals surface area contributed by atoms with Crippen LogP contribution < -0.4 is 0 Å². The van der Waals surface area contributed by atoms with Crippen LogP contribution in [0.2, 0.25) is 0 Å². The van der Waals surface area contributed by atoms with Gasteiger partial charge in [0.1, 0.15) is 5.01 Å². The molecule has 1 saturated heterocycles. The van der Waals surface area contributed by atoms with Gasteiger partial charge in [-0.2, -0.15) is 0 Å². The number of fused-ring (bicyclic) bond motifs is 2. The van der Waals surface area contributed by atoms with E-state index in [0.29, 0.717) is 13.0 Å². The number of nitrogens with zero attached hydrogens (tertiary/aromatic N) is 4. The van der Waals surface area contributed by atoms with E-state index in [2.05, 4.69) is 15.6 Å². The third-order valence-electron chi connectivity index (χ3n) is 5.26. The van der Waals surface area contributed by atoms with Crippen LogP contribution in [-0.2, 0) is 11.3 Å². The van der Waals surface area contributed by atoms with E-state index in [4.69, 9.17) is 4.98 Å². The van der Waals surface area contributed by atoms with Crippen LogP contribution in [0.25, 0.3) is 21.3 Å². The van der Waals surface area contributed by atoms with Gasteiger partial charge in [0, 0.05) is 19.5 Å². The summed E-state index contributed by atoms with van der Waals surface area (Å²) in [4.78, 5) is 24.2. The van der Waals surface area contributed by atoms with Crippen molar-refractivity contribution >= 4 is 38.5 Å². The van der Waals surface area contributed by atoms with Crippen molar-refractivity contribution in [2.24, 2.45) is 0 Å². The van der Waals surface area contributed by atoms with Crippen molar-refractivity contribution < 1.29 is 4.79 Å². The zero-order valence-corrected chi connectivity index (χ0v) is 15.7. The number of thiazole rings is 1. The van der Waals surface area contributed by atoms with E-state index in [0.717, 1.165) is 40.9 Å². The summed E-state index contributed by atoms with van der Waals surface area (Å²) >= 11 is 1.71. The van der Waals surface area contributed by atoms with Crippen molar-refractivity contribution in [2.45, 2.75) is 31.8 Å². The molecule has 1 atom stereocenters. The molecule has 5 nitrogen and oxygen atoms in total. The van der Waals surface area contributed by atoms with Crippen LogP contribution in [0.3, 0.4) is 0 Å². The Morgan fingerprint density at radius 2 is 1.93 bits per heavy atom. The molecule has 27 heavy (non-hydrogen) atoms. The van der Waals surface area contributed by atoms with Crippen LogP contribution in [0.4, 0.5) is 0 Å². The van der Waals surface area contributed by atoms with Crippen molar-refractivity contribution in [3.8, 4) is 0 Å². The van der Waals surface area contributed by atoms with Gasteiger partial charge in [-0.05, 0) is 37.1 Å². The maximum Gasteiger partial charge on any atom is 0.224 e. The first-order chi connectivity index (χ1) is 13.3. The molecule has 4 aromatic rings. The topological polar surface area (TPSA) is 51.0 Å². The first-order valence-corrected chi connectivity index (χ1v) is 10.2. The molecular weight excluding hydrogens is 356 g/mol. The monoisotopic (exact) mass is 376 g/mol. The molecule has 0 aliphatic carbocycles. The molecule has 3 heterocycles. The minimum atomic E-state index is 0.120. The summed E-state index contributed by atoms with van der Waals surface area (Å²) in [7, 11) is 0. The number of aryl methyl sites for hydroxylation is 1. The van der Waals surface area contributed by atoms with Crippen LogP contribution in [0, 0.1) is 0 Å². The fourth-order valence-corrected chi connectivity index (χ4v) is 5.02. The molecule has 0 unspecified atom stereocenters. The highest BCUT2D eigenvalue weighted by Gasteiger charge is 2.31. The molecule has 0 N–H and O–H groups in total. The van der Waals surface area contributed by atoms with E-state index in [1.54, 1.807) is 11.3 Å². The van der Waals surface area contributed by atoms with Crippen LogP contribution in [0.5, 0.6) is 0 Å². The molecule has 2 aromatic carbocycles. The Morgan fingerprint density at radius 1 is 1.11 bits per heavy atom. The summed E-state index contributed by atoms with van der Waals surface area (Å²) in [6.07, 6.45) is 4.36. The number of para-hydroxylation sites is 3. The highest BCUT2D eigenvalue weighted by atomic mass is 32.1. The minimum absolute atomic E-state index is 0.120. The van der Waals surface area contributed by atoms with E-state index in [1.807, 2.05) is 53.7 Å². The van der Waals surface area contributed by atoms with Gasteiger partial charge in [-0.25, -0.2) is 9.97 Å². The Hall–Kier alpha value is -2.73. The number of hydrogen-bond acceptors (Lipinski definition) is 4. The number of likely N-dealkylation sites (tertiary alicyclic amines) is 1. The number of benzene rings is 2. The van der Waals surface area contributed by atoms with Gasteiger partial charge in [0.25, 0.3) is 0 Å². The fourth-order valence-electron chi connectivity index (χ4n) is 3.90. The van der Waals surface area contributed by atoms with Crippen LogP contribution >= 0.6 is 11.3 Å². The van der Waals surface area contributed by atoms with Crippen molar-refractivity contribution in [2.75, 3.05) is 6.54 Å². The van der Waals surface area contributed by atoms with E-state index in [-0.39, 0.29) is 11.9 Å². The molecule has 1 aliphatic rings. The van der Waals surface area contributed by atoms with Gasteiger partial charge in [0.15, 0.2) is 0 Å². The second-order valence-corrected chi connectivity index (χ2v) is 8.00. The molecule has 1 aliphatic heterocycles. The summed E-state index contributed by atoms with van der Waals surface area (Å²) in [5, 5.41) is 1.06. The summed E-state index contributed by atoms with van der Waals surface area (Å²) in [5.74, 6) is 0.203. The average molecular weight is 376 g/mol. The second kappa shape index (κ2) is 6.78. The Labute approximate surface area is 161 Å². The molecular formula is C21H20N4OS. The molecule has 0 radical (unpaired) electrons. The fraction of sp³-hybridized carbons (Fsp3) is 0.286. The molecule has 6 heteroatoms. The highest BCUT2D eigenvalue weighted by molar-refractivity contribution is 7.18. The average Bonchev–Trinajstić information content (AvgIpc) is 3.43. The third-order valence-corrected chi connectivity index (χ3v) is 6.40. The molecule has 2 aromatic heterocycles. The van der Waals surface area contributed by atoms with Gasteiger partial charge in [0.05, 0.1) is 33.6 Å². The van der Waals surface area contributed by atoms with Gasteiger partial charge in [-0.1, -0.05) is 24.3 Å². The maximum atomic E-state index is 12.9. The Morgan fingerprint density at radius 3 is 2.81 bits per heavy atom. The largest absolute Gasteiger partial charge is 0.333 e. The van der Waals surface area contributed by atoms with Crippen molar-refractivity contribution in [3.05, 3.63) is 59.9 Å². The lowest BCUT2D eigenvalue weighted by atomic mass is 10.2. The highest BCUT2D eigenvalue weighted by Crippen LogP contribution is 2.36. The molecule has 1 amide bonds. The lowest BCUT2D eigenvalue weighted by Gasteiger charge is -2.23. The summed E-state index contributed by atoms with van der Waals surface area (Å²) in [5.41, 5.74) is 3.08. The van der Waals surface area contributed by atoms with E-state index >= 15 is 0 Å². The molecule has 0 spiro atoms. The Bertz CT molecular complexity index is 1080. The van der Waals surface area contributed by atoms with Crippen molar-refractivity contribution in [1.29, 1.82) is 0 Å². The number of aromatic nitrogens is 3. The minimum Gasteiger partial charge on any atom is -0.333 e. The number of imidazole rings is 1. The Balaban J connectivity index is 1.33. The zero-order valence-electron chi connectivity index (χ0n) is 14.9. The smallest absolute Gasteiger partial charge is 0.224 e.